The van der Waals surface area contributed by atoms with E-state index in [2.05, 4.69) is 38.7 Å². The van der Waals surface area contributed by atoms with E-state index in [1.165, 1.54) is 18.4 Å². The summed E-state index contributed by atoms with van der Waals surface area (Å²) >= 11 is 0. The third-order valence-electron chi connectivity index (χ3n) is 4.35. The number of rotatable bonds is 2. The Morgan fingerprint density at radius 1 is 1.11 bits per heavy atom. The van der Waals surface area contributed by atoms with E-state index in [1.807, 2.05) is 12.3 Å². The fourth-order valence-corrected chi connectivity index (χ4v) is 2.18. The van der Waals surface area contributed by atoms with Crippen LogP contribution in [-0.2, 0) is 9.31 Å². The van der Waals surface area contributed by atoms with Crippen LogP contribution in [0.5, 0.6) is 0 Å². The Morgan fingerprint density at radius 2 is 1.72 bits per heavy atom. The van der Waals surface area contributed by atoms with Crippen molar-refractivity contribution in [2.24, 2.45) is 0 Å². The van der Waals surface area contributed by atoms with Gasteiger partial charge in [-0.15, -0.1) is 0 Å². The average molecular weight is 245 g/mol. The lowest BCUT2D eigenvalue weighted by Gasteiger charge is -2.32. The molecule has 1 aliphatic heterocycles. The molecule has 2 heterocycles. The first kappa shape index (κ1) is 12.2. The van der Waals surface area contributed by atoms with Crippen molar-refractivity contribution in [1.82, 2.24) is 4.98 Å². The third-order valence-corrected chi connectivity index (χ3v) is 4.35. The molecule has 1 saturated carbocycles. The van der Waals surface area contributed by atoms with Gasteiger partial charge in [0.1, 0.15) is 0 Å². The Kier molecular flexibility index (Phi) is 2.58. The zero-order valence-corrected chi connectivity index (χ0v) is 11.6. The molecule has 1 aromatic heterocycles. The van der Waals surface area contributed by atoms with Crippen LogP contribution in [0.4, 0.5) is 0 Å². The van der Waals surface area contributed by atoms with Crippen LogP contribution in [0.2, 0.25) is 0 Å². The largest absolute Gasteiger partial charge is 0.514 e. The number of nitrogens with zero attached hydrogens (tertiary/aromatic N) is 1. The number of aromatic nitrogens is 1. The summed E-state index contributed by atoms with van der Waals surface area (Å²) in [6.07, 6.45) is 4.58. The smallest absolute Gasteiger partial charge is 0.398 e. The molecule has 1 aliphatic carbocycles. The first-order valence-corrected chi connectivity index (χ1v) is 6.70. The number of hydrogen-bond acceptors (Lipinski definition) is 3. The molecule has 0 bridgehead atoms. The summed E-state index contributed by atoms with van der Waals surface area (Å²) in [7, 11) is -0.344. The van der Waals surface area contributed by atoms with Crippen LogP contribution in [0, 0.1) is 0 Å². The molecule has 0 N–H and O–H groups in total. The molecule has 0 spiro atoms. The molecule has 1 saturated heterocycles. The molecule has 0 radical (unpaired) electrons. The average Bonchev–Trinajstić information content (AvgIpc) is 3.08. The minimum absolute atomic E-state index is 0.297. The Hall–Kier alpha value is -0.865. The molecule has 0 atom stereocenters. The highest BCUT2D eigenvalue weighted by Crippen LogP contribution is 2.39. The maximum absolute atomic E-state index is 5.98. The van der Waals surface area contributed by atoms with E-state index in [9.17, 15) is 0 Å². The van der Waals surface area contributed by atoms with Crippen molar-refractivity contribution in [1.29, 1.82) is 0 Å². The molecule has 3 rings (SSSR count). The van der Waals surface area contributed by atoms with Crippen LogP contribution in [0.25, 0.3) is 0 Å². The van der Waals surface area contributed by atoms with Crippen molar-refractivity contribution in [3.05, 3.63) is 23.9 Å². The lowest BCUT2D eigenvalue weighted by molar-refractivity contribution is 0.00578. The molecular formula is C14H20BNO2. The summed E-state index contributed by atoms with van der Waals surface area (Å²) in [4.78, 5) is 4.50. The zero-order valence-electron chi connectivity index (χ0n) is 11.6. The number of pyridine rings is 1. The molecule has 18 heavy (non-hydrogen) atoms. The summed E-state index contributed by atoms with van der Waals surface area (Å²) in [5, 5.41) is 0. The van der Waals surface area contributed by atoms with Crippen molar-refractivity contribution in [3.8, 4) is 0 Å². The van der Waals surface area contributed by atoms with Gasteiger partial charge in [0.15, 0.2) is 0 Å². The van der Waals surface area contributed by atoms with Crippen molar-refractivity contribution in [2.45, 2.75) is 57.7 Å². The van der Waals surface area contributed by atoms with E-state index in [-0.39, 0.29) is 18.3 Å². The van der Waals surface area contributed by atoms with Gasteiger partial charge < -0.3 is 9.31 Å². The van der Waals surface area contributed by atoms with Crippen molar-refractivity contribution < 1.29 is 9.31 Å². The van der Waals surface area contributed by atoms with Gasteiger partial charge in [-0.3, -0.25) is 4.98 Å². The van der Waals surface area contributed by atoms with Crippen LogP contribution in [0.3, 0.4) is 0 Å². The molecule has 0 aromatic carbocycles. The minimum Gasteiger partial charge on any atom is -0.398 e. The minimum atomic E-state index is -0.344. The van der Waals surface area contributed by atoms with Crippen LogP contribution >= 0.6 is 0 Å². The van der Waals surface area contributed by atoms with Gasteiger partial charge in [0.2, 0.25) is 0 Å². The molecular weight excluding hydrogens is 225 g/mol. The summed E-state index contributed by atoms with van der Waals surface area (Å²) in [5.41, 5.74) is 1.62. The highest BCUT2D eigenvalue weighted by molar-refractivity contribution is 6.61. The van der Waals surface area contributed by atoms with Gasteiger partial charge in [0.25, 0.3) is 0 Å². The second-order valence-corrected chi connectivity index (χ2v) is 6.38. The monoisotopic (exact) mass is 245 g/mol. The molecule has 1 aromatic rings. The predicted octanol–water partition coefficient (Wildman–Crippen LogP) is 2.26. The Bertz CT molecular complexity index is 435. The van der Waals surface area contributed by atoms with Gasteiger partial charge in [0, 0.05) is 6.20 Å². The second kappa shape index (κ2) is 3.81. The fourth-order valence-electron chi connectivity index (χ4n) is 2.18. The molecule has 96 valence electrons. The molecule has 2 aliphatic rings. The summed E-state index contributed by atoms with van der Waals surface area (Å²) in [5.74, 6) is 0.741. The molecule has 2 fully saturated rings. The molecule has 4 heteroatoms. The molecule has 0 amide bonds. The van der Waals surface area contributed by atoms with Crippen LogP contribution < -0.4 is 5.59 Å². The van der Waals surface area contributed by atoms with Crippen LogP contribution in [-0.4, -0.2) is 23.3 Å². The van der Waals surface area contributed by atoms with E-state index in [0.29, 0.717) is 0 Å². The maximum atomic E-state index is 5.98. The van der Waals surface area contributed by atoms with Crippen LogP contribution in [0.15, 0.2) is 18.3 Å². The van der Waals surface area contributed by atoms with E-state index >= 15 is 0 Å². The highest BCUT2D eigenvalue weighted by Gasteiger charge is 2.52. The summed E-state index contributed by atoms with van der Waals surface area (Å²) in [6.45, 7) is 8.24. The van der Waals surface area contributed by atoms with Gasteiger partial charge in [0.05, 0.1) is 16.8 Å². The maximum Gasteiger partial charge on any atom is 0.514 e. The van der Waals surface area contributed by atoms with E-state index in [1.54, 1.807) is 0 Å². The topological polar surface area (TPSA) is 31.4 Å². The SMILES string of the molecule is CC1(C)OB(c2ccc(C3CC3)cn2)OC1(C)C. The van der Waals surface area contributed by atoms with Gasteiger partial charge >= 0.3 is 7.12 Å². The first-order chi connectivity index (χ1) is 8.39. The third kappa shape index (κ3) is 1.97. The Morgan fingerprint density at radius 3 is 2.17 bits per heavy atom. The van der Waals surface area contributed by atoms with Gasteiger partial charge in [-0.05, 0) is 58.1 Å². The quantitative estimate of drug-likeness (QED) is 0.749. The second-order valence-electron chi connectivity index (χ2n) is 6.38. The van der Waals surface area contributed by atoms with E-state index < -0.39 is 0 Å². The summed E-state index contributed by atoms with van der Waals surface area (Å²) in [6, 6.07) is 4.20. The van der Waals surface area contributed by atoms with Crippen molar-refractivity contribution in [3.63, 3.8) is 0 Å². The zero-order chi connectivity index (χ0) is 13.0. The lowest BCUT2D eigenvalue weighted by atomic mass is 9.84. The van der Waals surface area contributed by atoms with Crippen molar-refractivity contribution in [2.75, 3.05) is 0 Å². The normalized spacial score (nSPS) is 25.4. The van der Waals surface area contributed by atoms with Gasteiger partial charge in [-0.1, -0.05) is 6.07 Å². The fraction of sp³-hybridized carbons (Fsp3) is 0.643. The van der Waals surface area contributed by atoms with Crippen molar-refractivity contribution >= 4 is 12.7 Å². The number of hydrogen-bond donors (Lipinski definition) is 0. The highest BCUT2D eigenvalue weighted by atomic mass is 16.7. The predicted molar refractivity (Wildman–Crippen MR) is 71.9 cm³/mol. The standard InChI is InChI=1S/C14H20BNO2/c1-13(2)14(3,4)18-15(17-13)12-8-7-11(9-16-12)10-5-6-10/h7-10H,5-6H2,1-4H3. The van der Waals surface area contributed by atoms with Gasteiger partial charge in [-0.2, -0.15) is 0 Å². The molecule has 0 unspecified atom stereocenters. The van der Waals surface area contributed by atoms with Gasteiger partial charge in [-0.25, -0.2) is 0 Å². The Labute approximate surface area is 109 Å². The van der Waals surface area contributed by atoms with E-state index in [4.69, 9.17) is 9.31 Å². The Balaban J connectivity index is 1.79. The lowest BCUT2D eigenvalue weighted by Crippen LogP contribution is -2.41. The summed E-state index contributed by atoms with van der Waals surface area (Å²) < 4.78 is 12.0. The van der Waals surface area contributed by atoms with Crippen LogP contribution in [0.1, 0.15) is 52.0 Å². The first-order valence-electron chi connectivity index (χ1n) is 6.70. The molecule has 3 nitrogen and oxygen atoms in total. The van der Waals surface area contributed by atoms with E-state index in [0.717, 1.165) is 11.5 Å².